The zero-order valence-electron chi connectivity index (χ0n) is 12.7. The van der Waals surface area contributed by atoms with Gasteiger partial charge in [-0.2, -0.15) is 0 Å². The number of aryl methyl sites for hydroxylation is 1. The lowest BCUT2D eigenvalue weighted by atomic mass is 10.1. The smallest absolute Gasteiger partial charge is 0.241 e. The van der Waals surface area contributed by atoms with Crippen molar-refractivity contribution < 1.29 is 9.53 Å². The van der Waals surface area contributed by atoms with Gasteiger partial charge in [-0.05, 0) is 32.4 Å². The maximum atomic E-state index is 12.5. The van der Waals surface area contributed by atoms with E-state index in [9.17, 15) is 4.79 Å². The quantitative estimate of drug-likeness (QED) is 0.877. The number of hydrogen-bond donors (Lipinski definition) is 1. The molecule has 3 unspecified atom stereocenters. The summed E-state index contributed by atoms with van der Waals surface area (Å²) >= 11 is 1.75. The minimum absolute atomic E-state index is 0.00431. The molecular formula is C15H24N2O2S. The van der Waals surface area contributed by atoms with Crippen LogP contribution in [-0.4, -0.2) is 36.6 Å². The summed E-state index contributed by atoms with van der Waals surface area (Å²) in [5, 5.41) is 3.48. The summed E-state index contributed by atoms with van der Waals surface area (Å²) < 4.78 is 5.33. The molecule has 112 valence electrons. The predicted octanol–water partition coefficient (Wildman–Crippen LogP) is 2.69. The van der Waals surface area contributed by atoms with Crippen LogP contribution in [0.15, 0.2) is 12.1 Å². The third-order valence-corrected chi connectivity index (χ3v) is 4.77. The van der Waals surface area contributed by atoms with Crippen LogP contribution in [0.25, 0.3) is 0 Å². The number of thiophene rings is 1. The van der Waals surface area contributed by atoms with Gasteiger partial charge in [0, 0.05) is 23.4 Å². The lowest BCUT2D eigenvalue weighted by Crippen LogP contribution is -2.36. The fourth-order valence-electron chi connectivity index (χ4n) is 2.56. The SMILES string of the molecule is CCCC1NC(c2ccc(C)s2)N(CC(C)OC)C1=O. The number of carbonyl (C=O) groups is 1. The third kappa shape index (κ3) is 3.22. The van der Waals surface area contributed by atoms with Gasteiger partial charge in [-0.25, -0.2) is 0 Å². The van der Waals surface area contributed by atoms with Crippen molar-refractivity contribution in [1.82, 2.24) is 10.2 Å². The number of rotatable bonds is 6. The van der Waals surface area contributed by atoms with Crippen molar-refractivity contribution in [2.24, 2.45) is 0 Å². The number of nitrogens with zero attached hydrogens (tertiary/aromatic N) is 1. The van der Waals surface area contributed by atoms with Gasteiger partial charge in [-0.1, -0.05) is 13.3 Å². The Hall–Kier alpha value is -0.910. The van der Waals surface area contributed by atoms with Crippen molar-refractivity contribution in [3.8, 4) is 0 Å². The van der Waals surface area contributed by atoms with E-state index >= 15 is 0 Å². The highest BCUT2D eigenvalue weighted by atomic mass is 32.1. The molecule has 0 aliphatic carbocycles. The van der Waals surface area contributed by atoms with E-state index in [0.29, 0.717) is 6.54 Å². The number of carbonyl (C=O) groups excluding carboxylic acids is 1. The van der Waals surface area contributed by atoms with Crippen LogP contribution in [0.3, 0.4) is 0 Å². The molecule has 0 radical (unpaired) electrons. The lowest BCUT2D eigenvalue weighted by molar-refractivity contribution is -0.131. The third-order valence-electron chi connectivity index (χ3n) is 3.72. The van der Waals surface area contributed by atoms with Crippen molar-refractivity contribution in [1.29, 1.82) is 0 Å². The Bertz CT molecular complexity index is 460. The Kier molecular flexibility index (Phi) is 5.18. The molecule has 1 N–H and O–H groups in total. The highest BCUT2D eigenvalue weighted by Crippen LogP contribution is 2.31. The zero-order chi connectivity index (χ0) is 14.7. The van der Waals surface area contributed by atoms with E-state index in [1.54, 1.807) is 18.4 Å². The monoisotopic (exact) mass is 296 g/mol. The van der Waals surface area contributed by atoms with Crippen molar-refractivity contribution in [2.75, 3.05) is 13.7 Å². The number of nitrogens with one attached hydrogen (secondary N) is 1. The Morgan fingerprint density at radius 3 is 2.80 bits per heavy atom. The maximum Gasteiger partial charge on any atom is 0.241 e. The van der Waals surface area contributed by atoms with E-state index in [-0.39, 0.29) is 24.2 Å². The normalized spacial score (nSPS) is 24.4. The van der Waals surface area contributed by atoms with E-state index < -0.39 is 0 Å². The second-order valence-corrected chi connectivity index (χ2v) is 6.72. The Morgan fingerprint density at radius 2 is 2.25 bits per heavy atom. The molecule has 1 amide bonds. The van der Waals surface area contributed by atoms with Crippen LogP contribution in [-0.2, 0) is 9.53 Å². The van der Waals surface area contributed by atoms with Crippen LogP contribution < -0.4 is 5.32 Å². The van der Waals surface area contributed by atoms with Crippen LogP contribution in [0.1, 0.15) is 42.6 Å². The lowest BCUT2D eigenvalue weighted by Gasteiger charge is -2.25. The average molecular weight is 296 g/mol. The molecule has 1 aromatic heterocycles. The number of ether oxygens (including phenoxy) is 1. The van der Waals surface area contributed by atoms with E-state index in [1.165, 1.54) is 9.75 Å². The number of methoxy groups -OCH3 is 1. The molecule has 5 heteroatoms. The van der Waals surface area contributed by atoms with Gasteiger partial charge < -0.3 is 9.64 Å². The number of hydrogen-bond acceptors (Lipinski definition) is 4. The Morgan fingerprint density at radius 1 is 1.50 bits per heavy atom. The minimum atomic E-state index is -0.0588. The largest absolute Gasteiger partial charge is 0.380 e. The summed E-state index contributed by atoms with van der Waals surface area (Å²) in [6.07, 6.45) is 1.94. The van der Waals surface area contributed by atoms with Gasteiger partial charge >= 0.3 is 0 Å². The first-order valence-electron chi connectivity index (χ1n) is 7.22. The van der Waals surface area contributed by atoms with Gasteiger partial charge in [0.05, 0.1) is 12.1 Å². The summed E-state index contributed by atoms with van der Waals surface area (Å²) in [5.74, 6) is 0.201. The maximum absolute atomic E-state index is 12.5. The topological polar surface area (TPSA) is 41.6 Å². The van der Waals surface area contributed by atoms with Crippen LogP contribution in [0.5, 0.6) is 0 Å². The highest BCUT2D eigenvalue weighted by Gasteiger charge is 2.40. The average Bonchev–Trinajstić information content (AvgIpc) is 2.97. The summed E-state index contributed by atoms with van der Waals surface area (Å²) in [4.78, 5) is 17.0. The van der Waals surface area contributed by atoms with Crippen molar-refractivity contribution in [3.63, 3.8) is 0 Å². The van der Waals surface area contributed by atoms with E-state index in [1.807, 2.05) is 11.8 Å². The fourth-order valence-corrected chi connectivity index (χ4v) is 3.51. The predicted molar refractivity (Wildman–Crippen MR) is 81.8 cm³/mol. The highest BCUT2D eigenvalue weighted by molar-refractivity contribution is 7.12. The molecule has 1 fully saturated rings. The van der Waals surface area contributed by atoms with Crippen molar-refractivity contribution in [3.05, 3.63) is 21.9 Å². The van der Waals surface area contributed by atoms with E-state index in [2.05, 4.69) is 31.3 Å². The van der Waals surface area contributed by atoms with E-state index in [4.69, 9.17) is 4.74 Å². The molecule has 1 aliphatic heterocycles. The molecule has 0 bridgehead atoms. The molecule has 3 atom stereocenters. The van der Waals surface area contributed by atoms with Gasteiger partial charge in [0.2, 0.25) is 5.91 Å². The summed E-state index contributed by atoms with van der Waals surface area (Å²) in [6, 6.07) is 4.16. The molecule has 1 aromatic rings. The molecule has 0 aromatic carbocycles. The zero-order valence-corrected chi connectivity index (χ0v) is 13.5. The van der Waals surface area contributed by atoms with Gasteiger partial charge in [-0.15, -0.1) is 11.3 Å². The molecule has 0 saturated carbocycles. The number of amides is 1. The molecule has 0 spiro atoms. The minimum Gasteiger partial charge on any atom is -0.380 e. The van der Waals surface area contributed by atoms with Gasteiger partial charge in [0.25, 0.3) is 0 Å². The molecule has 2 rings (SSSR count). The van der Waals surface area contributed by atoms with Crippen molar-refractivity contribution >= 4 is 17.2 Å². The second-order valence-electron chi connectivity index (χ2n) is 5.40. The van der Waals surface area contributed by atoms with Gasteiger partial charge in [0.15, 0.2) is 0 Å². The van der Waals surface area contributed by atoms with Crippen LogP contribution in [0, 0.1) is 6.92 Å². The van der Waals surface area contributed by atoms with E-state index in [0.717, 1.165) is 12.8 Å². The molecular weight excluding hydrogens is 272 g/mol. The standard InChI is InChI=1S/C15H24N2O2S/c1-5-6-12-15(18)17(9-10(2)19-4)14(16-12)13-8-7-11(3)20-13/h7-8,10,12,14,16H,5-6,9H2,1-4H3. The first-order chi connectivity index (χ1) is 9.56. The molecule has 1 saturated heterocycles. The first kappa shape index (κ1) is 15.5. The Labute approximate surface area is 125 Å². The fraction of sp³-hybridized carbons (Fsp3) is 0.667. The Balaban J connectivity index is 2.20. The summed E-state index contributed by atoms with van der Waals surface area (Å²) in [7, 11) is 1.69. The van der Waals surface area contributed by atoms with Gasteiger partial charge in [-0.3, -0.25) is 10.1 Å². The first-order valence-corrected chi connectivity index (χ1v) is 8.04. The van der Waals surface area contributed by atoms with Crippen LogP contribution >= 0.6 is 11.3 Å². The summed E-state index contributed by atoms with van der Waals surface area (Å²) in [6.45, 7) is 6.83. The molecule has 20 heavy (non-hydrogen) atoms. The van der Waals surface area contributed by atoms with Crippen molar-refractivity contribution in [2.45, 2.75) is 51.9 Å². The van der Waals surface area contributed by atoms with Crippen LogP contribution in [0.2, 0.25) is 0 Å². The summed E-state index contributed by atoms with van der Waals surface area (Å²) in [5.41, 5.74) is 0. The molecule has 4 nitrogen and oxygen atoms in total. The molecule has 1 aliphatic rings. The van der Waals surface area contributed by atoms with Crippen LogP contribution in [0.4, 0.5) is 0 Å². The van der Waals surface area contributed by atoms with Gasteiger partial charge in [0.1, 0.15) is 6.17 Å². The molecule has 2 heterocycles. The second kappa shape index (κ2) is 6.70.